The first kappa shape index (κ1) is 30.9. The largest absolute Gasteiger partial charge is 0.465 e. The molecule has 2 atom stereocenters. The van der Waals surface area contributed by atoms with Crippen molar-refractivity contribution in [2.75, 3.05) is 32.5 Å². The first-order valence-electron chi connectivity index (χ1n) is 11.4. The Bertz CT molecular complexity index is 863. The molecule has 1 unspecified atom stereocenters. The summed E-state index contributed by atoms with van der Waals surface area (Å²) in [7, 11) is -3.49. The quantitative estimate of drug-likeness (QED) is 0.150. The number of nitrogens with one attached hydrogen (secondary N) is 3. The molecule has 0 radical (unpaired) electrons. The van der Waals surface area contributed by atoms with Gasteiger partial charge in [-0.05, 0) is 57.2 Å². The van der Waals surface area contributed by atoms with E-state index in [1.165, 1.54) is 0 Å². The lowest BCUT2D eigenvalue weighted by molar-refractivity contribution is -0.124. The normalized spacial score (nSPS) is 13.0. The molecule has 1 rings (SSSR count). The predicted octanol–water partition coefficient (Wildman–Crippen LogP) is 2.55. The molecule has 0 bridgehead atoms. The zero-order valence-electron chi connectivity index (χ0n) is 20.0. The van der Waals surface area contributed by atoms with Crippen LogP contribution in [-0.4, -0.2) is 72.7 Å². The molecule has 0 heterocycles. The molecular weight excluding hydrogens is 501 g/mol. The highest BCUT2D eigenvalue weighted by Crippen LogP contribution is 2.47. The van der Waals surface area contributed by atoms with Crippen molar-refractivity contribution in [3.05, 3.63) is 34.9 Å². The molecule has 1 aromatic carbocycles. The minimum absolute atomic E-state index is 0.154. The maximum Gasteiger partial charge on any atom is 0.405 e. The first-order valence-corrected chi connectivity index (χ1v) is 13.5. The van der Waals surface area contributed by atoms with Crippen molar-refractivity contribution < 1.29 is 38.2 Å². The van der Waals surface area contributed by atoms with Gasteiger partial charge in [0.2, 0.25) is 11.8 Å². The van der Waals surface area contributed by atoms with E-state index in [0.29, 0.717) is 24.3 Å². The van der Waals surface area contributed by atoms with Gasteiger partial charge in [-0.3, -0.25) is 14.2 Å². The Morgan fingerprint density at radius 2 is 1.80 bits per heavy atom. The molecule has 0 aliphatic carbocycles. The number of amides is 3. The van der Waals surface area contributed by atoms with Gasteiger partial charge in [0.25, 0.3) is 0 Å². The number of aliphatic hydroxyl groups is 1. The summed E-state index contributed by atoms with van der Waals surface area (Å²) in [4.78, 5) is 35.9. The minimum Gasteiger partial charge on any atom is -0.465 e. The van der Waals surface area contributed by atoms with Crippen molar-refractivity contribution in [2.24, 2.45) is 0 Å². The SMILES string of the molecule is CCOP(=O)(CC(=O)NCCCCC(NC(=O)O)C(=O)N[C@H](CO)Cc1cccc(Cl)c1)OCC. The van der Waals surface area contributed by atoms with E-state index < -0.39 is 43.7 Å². The molecule has 0 aliphatic heterocycles. The van der Waals surface area contributed by atoms with Gasteiger partial charge in [0.15, 0.2) is 0 Å². The van der Waals surface area contributed by atoms with Crippen LogP contribution in [0.25, 0.3) is 0 Å². The molecule has 198 valence electrons. The van der Waals surface area contributed by atoms with Crippen LogP contribution in [0.5, 0.6) is 0 Å². The average molecular weight is 536 g/mol. The van der Waals surface area contributed by atoms with Crippen LogP contribution in [0.1, 0.15) is 38.7 Å². The molecule has 13 heteroatoms. The third-order valence-corrected chi connectivity index (χ3v) is 7.00. The standard InChI is InChI=1S/C22H35ClN3O8P/c1-3-33-35(32,34-4-2)15-20(28)24-11-6-5-10-19(26-22(30)31)21(29)25-18(14-27)13-16-8-7-9-17(23)12-16/h7-9,12,18-19,26-27H,3-6,10-11,13-15H2,1-2H3,(H,24,28)(H,25,29)(H,30,31)/t18-,19?/m0/s1. The maximum atomic E-state index is 12.7. The zero-order chi connectivity index (χ0) is 26.3. The van der Waals surface area contributed by atoms with Crippen LogP contribution in [-0.2, 0) is 29.6 Å². The van der Waals surface area contributed by atoms with Crippen LogP contribution in [0.3, 0.4) is 0 Å². The molecule has 0 aliphatic rings. The van der Waals surface area contributed by atoms with Gasteiger partial charge in [0.1, 0.15) is 12.2 Å². The summed E-state index contributed by atoms with van der Waals surface area (Å²) >= 11 is 5.97. The van der Waals surface area contributed by atoms with Crippen LogP contribution in [0.4, 0.5) is 4.79 Å². The van der Waals surface area contributed by atoms with Crippen molar-refractivity contribution in [1.82, 2.24) is 16.0 Å². The molecular formula is C22H35ClN3O8P. The molecule has 5 N–H and O–H groups in total. The van der Waals surface area contributed by atoms with E-state index >= 15 is 0 Å². The average Bonchev–Trinajstić information content (AvgIpc) is 2.77. The number of carboxylic acid groups (broad SMARTS) is 1. The first-order chi connectivity index (χ1) is 16.6. The molecule has 0 spiro atoms. The molecule has 11 nitrogen and oxygen atoms in total. The summed E-state index contributed by atoms with van der Waals surface area (Å²) in [5.74, 6) is -1.05. The van der Waals surface area contributed by atoms with Crippen LogP contribution in [0.2, 0.25) is 5.02 Å². The van der Waals surface area contributed by atoms with Gasteiger partial charge < -0.3 is 35.2 Å². The molecule has 0 aromatic heterocycles. The lowest BCUT2D eigenvalue weighted by Crippen LogP contribution is -2.50. The number of halogens is 1. The number of carbonyl (C=O) groups excluding carboxylic acids is 2. The van der Waals surface area contributed by atoms with Crippen LogP contribution in [0.15, 0.2) is 24.3 Å². The predicted molar refractivity (Wildman–Crippen MR) is 132 cm³/mol. The lowest BCUT2D eigenvalue weighted by atomic mass is 10.0. The Hall–Kier alpha value is -2.17. The Morgan fingerprint density at radius 3 is 2.37 bits per heavy atom. The summed E-state index contributed by atoms with van der Waals surface area (Å²) < 4.78 is 22.6. The minimum atomic E-state index is -3.49. The summed E-state index contributed by atoms with van der Waals surface area (Å²) in [6, 6.07) is 5.35. The maximum absolute atomic E-state index is 12.7. The van der Waals surface area contributed by atoms with Gasteiger partial charge >= 0.3 is 13.7 Å². The van der Waals surface area contributed by atoms with E-state index in [0.717, 1.165) is 5.56 Å². The molecule has 0 fully saturated rings. The van der Waals surface area contributed by atoms with Crippen molar-refractivity contribution in [3.8, 4) is 0 Å². The second-order valence-corrected chi connectivity index (χ2v) is 10.2. The van der Waals surface area contributed by atoms with Crippen molar-refractivity contribution >= 4 is 37.1 Å². The Morgan fingerprint density at radius 1 is 1.11 bits per heavy atom. The van der Waals surface area contributed by atoms with Crippen LogP contribution >= 0.6 is 19.2 Å². The summed E-state index contributed by atoms with van der Waals surface area (Å²) in [6.45, 7) is 3.52. The van der Waals surface area contributed by atoms with E-state index in [-0.39, 0.29) is 32.8 Å². The van der Waals surface area contributed by atoms with Gasteiger partial charge in [-0.15, -0.1) is 0 Å². The smallest absolute Gasteiger partial charge is 0.405 e. The van der Waals surface area contributed by atoms with E-state index in [2.05, 4.69) is 16.0 Å². The lowest BCUT2D eigenvalue weighted by Gasteiger charge is -2.22. The fraction of sp³-hybridized carbons (Fsp3) is 0.591. The number of hydrogen-bond donors (Lipinski definition) is 5. The number of carbonyl (C=O) groups is 3. The van der Waals surface area contributed by atoms with Gasteiger partial charge in [-0.1, -0.05) is 23.7 Å². The van der Waals surface area contributed by atoms with E-state index in [9.17, 15) is 24.1 Å². The number of rotatable bonds is 17. The highest BCUT2D eigenvalue weighted by Gasteiger charge is 2.27. The molecule has 0 saturated carbocycles. The van der Waals surface area contributed by atoms with Crippen LogP contribution in [0, 0.1) is 0 Å². The highest BCUT2D eigenvalue weighted by atomic mass is 35.5. The topological polar surface area (TPSA) is 163 Å². The van der Waals surface area contributed by atoms with Gasteiger partial charge in [0.05, 0.1) is 25.9 Å². The van der Waals surface area contributed by atoms with E-state index in [4.69, 9.17) is 25.8 Å². The molecule has 1 aromatic rings. The third kappa shape index (κ3) is 12.9. The number of benzene rings is 1. The zero-order valence-corrected chi connectivity index (χ0v) is 21.6. The van der Waals surface area contributed by atoms with E-state index in [1.807, 2.05) is 6.07 Å². The Balaban J connectivity index is 2.53. The fourth-order valence-corrected chi connectivity index (χ4v) is 5.00. The molecule has 0 saturated heterocycles. The van der Waals surface area contributed by atoms with Gasteiger partial charge in [-0.2, -0.15) is 0 Å². The second-order valence-electron chi connectivity index (χ2n) is 7.67. The summed E-state index contributed by atoms with van der Waals surface area (Å²) in [5.41, 5.74) is 0.813. The van der Waals surface area contributed by atoms with Crippen LogP contribution < -0.4 is 16.0 Å². The number of unbranched alkanes of at least 4 members (excludes halogenated alkanes) is 1. The monoisotopic (exact) mass is 535 g/mol. The van der Waals surface area contributed by atoms with Crippen molar-refractivity contribution in [1.29, 1.82) is 0 Å². The number of hydrogen-bond acceptors (Lipinski definition) is 7. The van der Waals surface area contributed by atoms with Crippen molar-refractivity contribution in [2.45, 2.75) is 51.6 Å². The highest BCUT2D eigenvalue weighted by molar-refractivity contribution is 7.54. The second kappa shape index (κ2) is 16.5. The van der Waals surface area contributed by atoms with Gasteiger partial charge in [0, 0.05) is 11.6 Å². The van der Waals surface area contributed by atoms with Gasteiger partial charge in [-0.25, -0.2) is 4.79 Å². The molecule has 35 heavy (non-hydrogen) atoms. The summed E-state index contributed by atoms with van der Waals surface area (Å²) in [6.07, 6.45) is -0.366. The molecule has 3 amide bonds. The van der Waals surface area contributed by atoms with Crippen molar-refractivity contribution in [3.63, 3.8) is 0 Å². The Labute approximate surface area is 210 Å². The fourth-order valence-electron chi connectivity index (χ4n) is 3.28. The Kier molecular flexibility index (Phi) is 14.5. The number of aliphatic hydroxyl groups excluding tert-OH is 1. The third-order valence-electron chi connectivity index (χ3n) is 4.78. The summed E-state index contributed by atoms with van der Waals surface area (Å²) in [5, 5.41) is 26.7. The van der Waals surface area contributed by atoms with E-state index in [1.54, 1.807) is 32.0 Å².